The monoisotopic (exact) mass is 282 g/mol. The Morgan fingerprint density at radius 3 is 2.55 bits per heavy atom. The molecule has 0 saturated carbocycles. The second-order valence-corrected chi connectivity index (χ2v) is 3.65. The third-order valence-corrected chi connectivity index (χ3v) is 2.16. The summed E-state index contributed by atoms with van der Waals surface area (Å²) in [6, 6.07) is 1.97. The average molecular weight is 282 g/mol. The van der Waals surface area contributed by atoms with Gasteiger partial charge in [-0.3, -0.25) is 0 Å². The molecule has 0 amide bonds. The van der Waals surface area contributed by atoms with Gasteiger partial charge in [-0.15, -0.1) is 26.3 Å². The van der Waals surface area contributed by atoms with Crippen LogP contribution >= 0.6 is 0 Å². The Morgan fingerprint density at radius 2 is 1.95 bits per heavy atom. The Kier molecular flexibility index (Phi) is 3.93. The molecular formula is C11H9F3N6. The minimum Gasteiger partial charge on any atom is -0.164 e. The zero-order valence-corrected chi connectivity index (χ0v) is 10.4. The Labute approximate surface area is 112 Å². The van der Waals surface area contributed by atoms with Gasteiger partial charge in [0.05, 0.1) is 0 Å². The van der Waals surface area contributed by atoms with Crippen molar-refractivity contribution in [2.45, 2.75) is 26.1 Å². The lowest BCUT2D eigenvalue weighted by atomic mass is 10.3. The smallest absolute Gasteiger partial charge is 0.164 e. The van der Waals surface area contributed by atoms with Gasteiger partial charge in [0.25, 0.3) is 0 Å². The van der Waals surface area contributed by atoms with Gasteiger partial charge in [-0.05, 0) is 17.3 Å². The molecule has 0 aromatic carbocycles. The number of halogens is 3. The molecule has 0 aliphatic carbocycles. The van der Waals surface area contributed by atoms with Gasteiger partial charge in [-0.1, -0.05) is 12.8 Å². The zero-order chi connectivity index (χ0) is 14.6. The molecule has 20 heavy (non-hydrogen) atoms. The summed E-state index contributed by atoms with van der Waals surface area (Å²) in [6.45, 7) is 2.17. The molecule has 0 spiro atoms. The van der Waals surface area contributed by atoms with Crippen LogP contribution in [0.25, 0.3) is 11.5 Å². The van der Waals surface area contributed by atoms with Gasteiger partial charge < -0.3 is 0 Å². The van der Waals surface area contributed by atoms with Crippen molar-refractivity contribution in [3.63, 3.8) is 0 Å². The number of rotatable bonds is 2. The summed E-state index contributed by atoms with van der Waals surface area (Å²) < 4.78 is 37.0. The lowest BCUT2D eigenvalue weighted by Gasteiger charge is -2.03. The number of nitrogens with zero attached hydrogens (tertiary/aromatic N) is 6. The third-order valence-electron chi connectivity index (χ3n) is 2.16. The molecule has 2 heterocycles. The fraction of sp³-hybridized carbons (Fsp3) is 0.364. The summed E-state index contributed by atoms with van der Waals surface area (Å²) in [6.07, 6.45) is -3.81. The molecule has 0 saturated heterocycles. The van der Waals surface area contributed by atoms with Crippen molar-refractivity contribution in [2.24, 2.45) is 0 Å². The Morgan fingerprint density at radius 1 is 1.15 bits per heavy atom. The molecule has 0 aliphatic rings. The highest BCUT2D eigenvalue weighted by Crippen LogP contribution is 2.27. The van der Waals surface area contributed by atoms with E-state index >= 15 is 0 Å². The van der Waals surface area contributed by atoms with E-state index < -0.39 is 11.9 Å². The van der Waals surface area contributed by atoms with Crippen molar-refractivity contribution in [1.29, 1.82) is 0 Å². The summed E-state index contributed by atoms with van der Waals surface area (Å²) in [5.41, 5.74) is -0.949. The van der Waals surface area contributed by atoms with E-state index in [0.717, 1.165) is 12.1 Å². The Bertz CT molecular complexity index is 635. The second-order valence-electron chi connectivity index (χ2n) is 3.65. The molecule has 0 bridgehead atoms. The predicted octanol–water partition coefficient (Wildman–Crippen LogP) is 1.56. The molecule has 0 aliphatic heterocycles. The Balaban J connectivity index is 2.16. The SMILES string of the molecule is CCC#CCn1nnc(-c2ccc(C(F)(F)F)nn2)n1. The molecule has 6 nitrogen and oxygen atoms in total. The van der Waals surface area contributed by atoms with Crippen LogP contribution in [-0.2, 0) is 12.7 Å². The molecule has 2 aromatic rings. The predicted molar refractivity (Wildman–Crippen MR) is 61.9 cm³/mol. The van der Waals surface area contributed by atoms with E-state index in [2.05, 4.69) is 37.4 Å². The first kappa shape index (κ1) is 13.9. The summed E-state index contributed by atoms with van der Waals surface area (Å²) in [5, 5.41) is 17.9. The van der Waals surface area contributed by atoms with E-state index in [0.29, 0.717) is 6.42 Å². The molecular weight excluding hydrogens is 273 g/mol. The first-order valence-electron chi connectivity index (χ1n) is 5.65. The van der Waals surface area contributed by atoms with Gasteiger partial charge in [-0.25, -0.2) is 0 Å². The molecule has 9 heteroatoms. The number of alkyl halides is 3. The van der Waals surface area contributed by atoms with Crippen LogP contribution in [0.2, 0.25) is 0 Å². The molecule has 0 atom stereocenters. The maximum absolute atomic E-state index is 12.3. The second kappa shape index (κ2) is 5.64. The van der Waals surface area contributed by atoms with Crippen LogP contribution < -0.4 is 0 Å². The molecule has 2 rings (SSSR count). The normalized spacial score (nSPS) is 11.0. The lowest BCUT2D eigenvalue weighted by molar-refractivity contribution is -0.141. The Hall–Kier alpha value is -2.50. The molecule has 0 fully saturated rings. The van der Waals surface area contributed by atoms with E-state index in [4.69, 9.17) is 0 Å². The highest BCUT2D eigenvalue weighted by molar-refractivity contribution is 5.46. The number of aromatic nitrogens is 6. The van der Waals surface area contributed by atoms with Crippen molar-refractivity contribution in [1.82, 2.24) is 30.4 Å². The minimum atomic E-state index is -4.52. The largest absolute Gasteiger partial charge is 0.435 e. The van der Waals surface area contributed by atoms with Crippen LogP contribution in [0.3, 0.4) is 0 Å². The molecule has 0 unspecified atom stereocenters. The summed E-state index contributed by atoms with van der Waals surface area (Å²) in [4.78, 5) is 1.23. The lowest BCUT2D eigenvalue weighted by Crippen LogP contribution is -2.09. The number of tetrazole rings is 1. The van der Waals surface area contributed by atoms with E-state index in [1.165, 1.54) is 4.80 Å². The topological polar surface area (TPSA) is 69.4 Å². The highest BCUT2D eigenvalue weighted by atomic mass is 19.4. The van der Waals surface area contributed by atoms with E-state index in [1.807, 2.05) is 6.92 Å². The van der Waals surface area contributed by atoms with Crippen molar-refractivity contribution in [3.05, 3.63) is 17.8 Å². The van der Waals surface area contributed by atoms with Crippen molar-refractivity contribution in [3.8, 4) is 23.4 Å². The van der Waals surface area contributed by atoms with Gasteiger partial charge >= 0.3 is 6.18 Å². The van der Waals surface area contributed by atoms with Gasteiger partial charge in [0.1, 0.15) is 12.2 Å². The van der Waals surface area contributed by atoms with Gasteiger partial charge in [0, 0.05) is 6.42 Å². The molecule has 2 aromatic heterocycles. The quantitative estimate of drug-likeness (QED) is 0.782. The maximum atomic E-state index is 12.3. The molecule has 0 N–H and O–H groups in total. The van der Waals surface area contributed by atoms with Crippen LogP contribution in [0, 0.1) is 11.8 Å². The number of hydrogen-bond donors (Lipinski definition) is 0. The third kappa shape index (κ3) is 3.28. The van der Waals surface area contributed by atoms with Gasteiger partial charge in [0.15, 0.2) is 5.69 Å². The van der Waals surface area contributed by atoms with Gasteiger partial charge in [-0.2, -0.15) is 18.0 Å². The van der Waals surface area contributed by atoms with Crippen LogP contribution in [0.4, 0.5) is 13.2 Å². The minimum absolute atomic E-state index is 0.101. The van der Waals surface area contributed by atoms with Crippen molar-refractivity contribution in [2.75, 3.05) is 0 Å². The van der Waals surface area contributed by atoms with Crippen LogP contribution in [0.5, 0.6) is 0 Å². The van der Waals surface area contributed by atoms with E-state index in [1.54, 1.807) is 0 Å². The van der Waals surface area contributed by atoms with Crippen molar-refractivity contribution >= 4 is 0 Å². The van der Waals surface area contributed by atoms with Gasteiger partial charge in [0.2, 0.25) is 5.82 Å². The molecule has 104 valence electrons. The summed E-state index contributed by atoms with van der Waals surface area (Å²) in [5.74, 6) is 5.75. The fourth-order valence-corrected chi connectivity index (χ4v) is 1.27. The maximum Gasteiger partial charge on any atom is 0.435 e. The first-order chi connectivity index (χ1) is 9.50. The standard InChI is InChI=1S/C11H9F3N6/c1-2-3-4-7-20-18-10(17-19-20)8-5-6-9(16-15-8)11(12,13)14/h5-6H,2,7H2,1H3. The average Bonchev–Trinajstić information content (AvgIpc) is 2.87. The highest BCUT2D eigenvalue weighted by Gasteiger charge is 2.33. The van der Waals surface area contributed by atoms with Crippen LogP contribution in [-0.4, -0.2) is 30.4 Å². The van der Waals surface area contributed by atoms with Crippen LogP contribution in [0.15, 0.2) is 12.1 Å². The summed E-state index contributed by atoms with van der Waals surface area (Å²) in [7, 11) is 0. The van der Waals surface area contributed by atoms with Crippen LogP contribution in [0.1, 0.15) is 19.0 Å². The number of hydrogen-bond acceptors (Lipinski definition) is 5. The van der Waals surface area contributed by atoms with E-state index in [-0.39, 0.29) is 18.1 Å². The van der Waals surface area contributed by atoms with E-state index in [9.17, 15) is 13.2 Å². The first-order valence-corrected chi connectivity index (χ1v) is 5.65. The molecule has 0 radical (unpaired) electrons. The zero-order valence-electron chi connectivity index (χ0n) is 10.4. The van der Waals surface area contributed by atoms with Crippen molar-refractivity contribution < 1.29 is 13.2 Å². The summed E-state index contributed by atoms with van der Waals surface area (Å²) >= 11 is 0. The fourth-order valence-electron chi connectivity index (χ4n) is 1.27.